The van der Waals surface area contributed by atoms with Crippen LogP contribution in [0.5, 0.6) is 5.88 Å². The third-order valence-corrected chi connectivity index (χ3v) is 7.13. The molecule has 1 aliphatic heterocycles. The van der Waals surface area contributed by atoms with Gasteiger partial charge in [0.05, 0.1) is 40.2 Å². The molecule has 194 valence electrons. The molecule has 3 N–H and O–H groups in total. The number of nitrogens with one attached hydrogen (secondary N) is 2. The minimum Gasteiger partial charge on any atom is -0.475 e. The van der Waals surface area contributed by atoms with Crippen LogP contribution in [-0.2, 0) is 4.74 Å². The van der Waals surface area contributed by atoms with E-state index in [4.69, 9.17) is 21.1 Å². The average Bonchev–Trinajstić information content (AvgIpc) is 2.88. The molecule has 36 heavy (non-hydrogen) atoms. The molecule has 2 aliphatic rings. The van der Waals surface area contributed by atoms with Gasteiger partial charge in [0, 0.05) is 43.6 Å². The van der Waals surface area contributed by atoms with Crippen LogP contribution in [0.25, 0.3) is 11.3 Å². The molecule has 10 heteroatoms. The molecular weight excluding hydrogens is 480 g/mol. The molecule has 0 aromatic carbocycles. The minimum atomic E-state index is -0.702. The number of halogens is 1. The van der Waals surface area contributed by atoms with Crippen LogP contribution in [0.4, 0.5) is 5.82 Å². The monoisotopic (exact) mass is 514 g/mol. The first-order chi connectivity index (χ1) is 17.3. The summed E-state index contributed by atoms with van der Waals surface area (Å²) < 4.78 is 11.3. The Morgan fingerprint density at radius 1 is 1.19 bits per heavy atom. The number of hydrogen-bond acceptors (Lipinski definition) is 9. The molecule has 2 aromatic heterocycles. The summed E-state index contributed by atoms with van der Waals surface area (Å²) in [6.45, 7) is 5.59. The van der Waals surface area contributed by atoms with E-state index in [1.165, 1.54) is 0 Å². The second-order valence-corrected chi connectivity index (χ2v) is 10.9. The summed E-state index contributed by atoms with van der Waals surface area (Å²) in [7, 11) is 0. The van der Waals surface area contributed by atoms with Crippen molar-refractivity contribution in [1.82, 2.24) is 20.3 Å². The van der Waals surface area contributed by atoms with Crippen LogP contribution in [0.15, 0.2) is 24.7 Å². The Morgan fingerprint density at radius 3 is 2.61 bits per heavy atom. The van der Waals surface area contributed by atoms with Crippen molar-refractivity contribution in [2.45, 2.75) is 70.1 Å². The fourth-order valence-electron chi connectivity index (χ4n) is 4.57. The highest BCUT2D eigenvalue weighted by atomic mass is 35.5. The molecular formula is C26H35ClN6O3. The summed E-state index contributed by atoms with van der Waals surface area (Å²) in [5.74, 6) is 1.09. The number of aromatic nitrogens is 3. The predicted molar refractivity (Wildman–Crippen MR) is 138 cm³/mol. The Morgan fingerprint density at radius 2 is 1.92 bits per heavy atom. The van der Waals surface area contributed by atoms with E-state index < -0.39 is 11.0 Å². The molecule has 0 spiro atoms. The van der Waals surface area contributed by atoms with Gasteiger partial charge in [0.15, 0.2) is 0 Å². The smallest absolute Gasteiger partial charge is 0.232 e. The zero-order chi connectivity index (χ0) is 25.6. The maximum Gasteiger partial charge on any atom is 0.232 e. The van der Waals surface area contributed by atoms with E-state index in [0.717, 1.165) is 31.5 Å². The van der Waals surface area contributed by atoms with E-state index in [1.807, 2.05) is 19.9 Å². The number of rotatable bonds is 9. The minimum absolute atomic E-state index is 0.245. The van der Waals surface area contributed by atoms with Gasteiger partial charge in [-0.25, -0.2) is 9.97 Å². The summed E-state index contributed by atoms with van der Waals surface area (Å²) in [6.07, 6.45) is 10.2. The zero-order valence-electron chi connectivity index (χ0n) is 21.0. The number of ether oxygens (including phenoxy) is 2. The lowest BCUT2D eigenvalue weighted by Crippen LogP contribution is -2.43. The molecule has 0 radical (unpaired) electrons. The largest absolute Gasteiger partial charge is 0.475 e. The second-order valence-electron chi connectivity index (χ2n) is 10.5. The van der Waals surface area contributed by atoms with Gasteiger partial charge >= 0.3 is 0 Å². The van der Waals surface area contributed by atoms with Gasteiger partial charge in [0.25, 0.3) is 0 Å². The number of aliphatic hydroxyl groups is 1. The van der Waals surface area contributed by atoms with Crippen molar-refractivity contribution in [2.75, 3.05) is 31.7 Å². The molecule has 2 fully saturated rings. The van der Waals surface area contributed by atoms with Gasteiger partial charge < -0.3 is 25.2 Å². The van der Waals surface area contributed by atoms with E-state index in [9.17, 15) is 10.4 Å². The van der Waals surface area contributed by atoms with Crippen LogP contribution in [0, 0.1) is 16.7 Å². The second kappa shape index (κ2) is 11.7. The molecule has 0 amide bonds. The first-order valence-electron chi connectivity index (χ1n) is 12.6. The van der Waals surface area contributed by atoms with Crippen LogP contribution < -0.4 is 15.4 Å². The van der Waals surface area contributed by atoms with Crippen molar-refractivity contribution in [1.29, 1.82) is 5.26 Å². The number of hydrogen-bond donors (Lipinski definition) is 3. The maximum atomic E-state index is 9.94. The van der Waals surface area contributed by atoms with Crippen LogP contribution in [0.1, 0.15) is 52.4 Å². The van der Waals surface area contributed by atoms with Gasteiger partial charge in [-0.2, -0.15) is 5.26 Å². The first-order valence-corrected chi connectivity index (χ1v) is 13.0. The Balaban J connectivity index is 1.37. The Bertz CT molecular complexity index is 1060. The van der Waals surface area contributed by atoms with Crippen LogP contribution >= 0.6 is 11.6 Å². The van der Waals surface area contributed by atoms with Gasteiger partial charge in [-0.1, -0.05) is 11.6 Å². The topological polar surface area (TPSA) is 125 Å². The quantitative estimate of drug-likeness (QED) is 0.455. The van der Waals surface area contributed by atoms with Crippen LogP contribution in [0.2, 0.25) is 5.02 Å². The molecule has 0 bridgehead atoms. The van der Waals surface area contributed by atoms with E-state index in [2.05, 4.69) is 31.7 Å². The first kappa shape index (κ1) is 26.6. The van der Waals surface area contributed by atoms with Crippen molar-refractivity contribution in [3.63, 3.8) is 0 Å². The van der Waals surface area contributed by atoms with E-state index in [1.54, 1.807) is 18.6 Å². The summed E-state index contributed by atoms with van der Waals surface area (Å²) >= 11 is 6.48. The van der Waals surface area contributed by atoms with Gasteiger partial charge in [0.1, 0.15) is 12.4 Å². The lowest BCUT2D eigenvalue weighted by Gasteiger charge is -2.31. The molecule has 0 unspecified atom stereocenters. The summed E-state index contributed by atoms with van der Waals surface area (Å²) in [4.78, 5) is 13.3. The highest BCUT2D eigenvalue weighted by molar-refractivity contribution is 6.33. The standard InChI is InChI=1S/C26H35ClN6O3/c1-25(2,34)16-31-18-3-5-19(6-4-18)32-23-11-20(21(27)12-30-23)22-13-29-14-24(33-22)36-17-26(15-28)7-9-35-10-8-26/h11-14,18-19,31,34H,3-10,16-17H2,1-2H3,(H,30,32). The van der Waals surface area contributed by atoms with Crippen molar-refractivity contribution in [2.24, 2.45) is 5.41 Å². The molecule has 2 aromatic rings. The van der Waals surface area contributed by atoms with Crippen molar-refractivity contribution in [3.8, 4) is 23.2 Å². The summed E-state index contributed by atoms with van der Waals surface area (Å²) in [6, 6.07) is 5.03. The normalized spacial score (nSPS) is 22.0. The lowest BCUT2D eigenvalue weighted by atomic mass is 9.83. The summed E-state index contributed by atoms with van der Waals surface area (Å²) in [5.41, 5.74) is 0.0324. The van der Waals surface area contributed by atoms with E-state index in [0.29, 0.717) is 66.8 Å². The van der Waals surface area contributed by atoms with Crippen molar-refractivity contribution >= 4 is 17.4 Å². The Labute approximate surface area is 217 Å². The summed E-state index contributed by atoms with van der Waals surface area (Å²) in [5, 5.41) is 27.1. The Kier molecular flexibility index (Phi) is 8.62. The van der Waals surface area contributed by atoms with Gasteiger partial charge in [-0.05, 0) is 58.4 Å². The molecule has 9 nitrogen and oxygen atoms in total. The van der Waals surface area contributed by atoms with Crippen molar-refractivity contribution in [3.05, 3.63) is 29.7 Å². The van der Waals surface area contributed by atoms with Gasteiger partial charge in [0.2, 0.25) is 5.88 Å². The predicted octanol–water partition coefficient (Wildman–Crippen LogP) is 3.97. The van der Waals surface area contributed by atoms with Crippen LogP contribution in [0.3, 0.4) is 0 Å². The third-order valence-electron chi connectivity index (χ3n) is 6.83. The third kappa shape index (κ3) is 7.26. The highest BCUT2D eigenvalue weighted by Crippen LogP contribution is 2.32. The number of nitrogens with zero attached hydrogens (tertiary/aromatic N) is 4. The van der Waals surface area contributed by atoms with Gasteiger partial charge in [-0.15, -0.1) is 0 Å². The van der Waals surface area contributed by atoms with E-state index >= 15 is 0 Å². The molecule has 0 atom stereocenters. The van der Waals surface area contributed by atoms with Crippen LogP contribution in [-0.4, -0.2) is 64.1 Å². The zero-order valence-corrected chi connectivity index (χ0v) is 21.7. The fourth-order valence-corrected chi connectivity index (χ4v) is 4.77. The van der Waals surface area contributed by atoms with E-state index in [-0.39, 0.29) is 6.61 Å². The number of anilines is 1. The molecule has 1 saturated carbocycles. The number of pyridine rings is 1. The van der Waals surface area contributed by atoms with Crippen molar-refractivity contribution < 1.29 is 14.6 Å². The Hall–Kier alpha value is -2.51. The molecule has 3 heterocycles. The highest BCUT2D eigenvalue weighted by Gasteiger charge is 2.34. The SMILES string of the molecule is CC(C)(O)CNC1CCC(Nc2cc(-c3cncc(OCC4(C#N)CCOCC4)n3)c(Cl)cn2)CC1. The maximum absolute atomic E-state index is 9.94. The molecule has 1 saturated heterocycles. The van der Waals surface area contributed by atoms with Gasteiger partial charge in [-0.3, -0.25) is 4.98 Å². The molecule has 1 aliphatic carbocycles. The average molecular weight is 515 g/mol. The fraction of sp³-hybridized carbons (Fsp3) is 0.615. The molecule has 4 rings (SSSR count). The number of nitriles is 1. The lowest BCUT2D eigenvalue weighted by molar-refractivity contribution is 0.0182.